The molecular weight excluding hydrogens is 398 g/mol. The van der Waals surface area contributed by atoms with Gasteiger partial charge in [0.15, 0.2) is 0 Å². The summed E-state index contributed by atoms with van der Waals surface area (Å²) in [6.45, 7) is 1.09. The van der Waals surface area contributed by atoms with Crippen LogP contribution in [0.1, 0.15) is 12.0 Å². The van der Waals surface area contributed by atoms with Gasteiger partial charge in [-0.1, -0.05) is 12.1 Å². The Kier molecular flexibility index (Phi) is 4.58. The van der Waals surface area contributed by atoms with Gasteiger partial charge < -0.3 is 4.90 Å². The molecule has 0 aliphatic carbocycles. The predicted molar refractivity (Wildman–Crippen MR) is 93.6 cm³/mol. The fourth-order valence-corrected chi connectivity index (χ4v) is 5.69. The van der Waals surface area contributed by atoms with Gasteiger partial charge in [-0.3, -0.25) is 0 Å². The number of fused-ring (bicyclic) bond motifs is 1. The summed E-state index contributed by atoms with van der Waals surface area (Å²) in [5.41, 5.74) is -0.834. The summed E-state index contributed by atoms with van der Waals surface area (Å²) >= 11 is 0. The van der Waals surface area contributed by atoms with Crippen LogP contribution < -0.4 is 4.90 Å². The first-order valence-corrected chi connectivity index (χ1v) is 10.2. The first-order valence-electron chi connectivity index (χ1n) is 8.72. The number of aromatic nitrogens is 1. The third kappa shape index (κ3) is 3.24. The Morgan fingerprint density at radius 3 is 2.46 bits per heavy atom. The zero-order valence-corrected chi connectivity index (χ0v) is 15.4. The SMILES string of the molecule is O=S(=O)(c1ccccc1F)N1CCC2CN(c3ccc(C(F)(F)F)cn3)CC21. The van der Waals surface area contributed by atoms with Crippen LogP contribution in [0.5, 0.6) is 0 Å². The standard InChI is InChI=1S/C18H17F4N3O2S/c19-14-3-1-2-4-16(14)28(26,27)25-8-7-12-10-24(11-15(12)25)17-6-5-13(9-23-17)18(20,21)22/h1-6,9,12,15H,7-8,10-11H2. The molecule has 0 amide bonds. The number of hydrogen-bond acceptors (Lipinski definition) is 4. The number of rotatable bonds is 3. The minimum atomic E-state index is -4.46. The van der Waals surface area contributed by atoms with Gasteiger partial charge in [-0.2, -0.15) is 17.5 Å². The van der Waals surface area contributed by atoms with Gasteiger partial charge in [0.05, 0.1) is 5.56 Å². The molecular formula is C18H17F4N3O2S. The van der Waals surface area contributed by atoms with Crippen molar-refractivity contribution >= 4 is 15.8 Å². The molecule has 5 nitrogen and oxygen atoms in total. The molecule has 2 saturated heterocycles. The Labute approximate surface area is 159 Å². The van der Waals surface area contributed by atoms with Gasteiger partial charge in [-0.15, -0.1) is 0 Å². The second-order valence-corrected chi connectivity index (χ2v) is 8.83. The van der Waals surface area contributed by atoms with E-state index in [0.29, 0.717) is 31.9 Å². The van der Waals surface area contributed by atoms with E-state index in [9.17, 15) is 26.0 Å². The number of anilines is 1. The van der Waals surface area contributed by atoms with E-state index < -0.39 is 27.6 Å². The summed E-state index contributed by atoms with van der Waals surface area (Å²) in [6, 6.07) is 7.12. The Balaban J connectivity index is 1.55. The van der Waals surface area contributed by atoms with E-state index in [0.717, 1.165) is 18.3 Å². The highest BCUT2D eigenvalue weighted by molar-refractivity contribution is 7.89. The molecule has 3 heterocycles. The van der Waals surface area contributed by atoms with Gasteiger partial charge >= 0.3 is 6.18 Å². The van der Waals surface area contributed by atoms with Crippen molar-refractivity contribution in [3.8, 4) is 0 Å². The van der Waals surface area contributed by atoms with E-state index >= 15 is 0 Å². The Morgan fingerprint density at radius 2 is 1.82 bits per heavy atom. The van der Waals surface area contributed by atoms with Crippen molar-refractivity contribution in [2.75, 3.05) is 24.5 Å². The largest absolute Gasteiger partial charge is 0.417 e. The molecule has 2 unspecified atom stereocenters. The molecule has 28 heavy (non-hydrogen) atoms. The van der Waals surface area contributed by atoms with Crippen LogP contribution in [-0.4, -0.2) is 43.4 Å². The molecule has 1 aromatic carbocycles. The van der Waals surface area contributed by atoms with Crippen LogP contribution in [-0.2, 0) is 16.2 Å². The molecule has 2 fully saturated rings. The maximum atomic E-state index is 14.0. The van der Waals surface area contributed by atoms with Crippen LogP contribution in [0.2, 0.25) is 0 Å². The molecule has 0 N–H and O–H groups in total. The number of sulfonamides is 1. The lowest BCUT2D eigenvalue weighted by molar-refractivity contribution is -0.137. The number of halogens is 4. The lowest BCUT2D eigenvalue weighted by Crippen LogP contribution is -2.40. The maximum absolute atomic E-state index is 14.0. The highest BCUT2D eigenvalue weighted by atomic mass is 32.2. The third-order valence-corrected chi connectivity index (χ3v) is 7.28. The predicted octanol–water partition coefficient (Wildman–Crippen LogP) is 3.14. The molecule has 4 rings (SSSR count). The van der Waals surface area contributed by atoms with Crippen molar-refractivity contribution in [3.63, 3.8) is 0 Å². The van der Waals surface area contributed by atoms with Crippen molar-refractivity contribution in [2.24, 2.45) is 5.92 Å². The summed E-state index contributed by atoms with van der Waals surface area (Å²) in [5.74, 6) is -0.415. The summed E-state index contributed by atoms with van der Waals surface area (Å²) < 4.78 is 79.3. The van der Waals surface area contributed by atoms with Crippen LogP contribution in [0, 0.1) is 11.7 Å². The fraction of sp³-hybridized carbons (Fsp3) is 0.389. The minimum Gasteiger partial charge on any atom is -0.355 e. The molecule has 2 aliphatic rings. The van der Waals surface area contributed by atoms with Crippen LogP contribution in [0.3, 0.4) is 0 Å². The van der Waals surface area contributed by atoms with Gasteiger partial charge in [0, 0.05) is 31.9 Å². The summed E-state index contributed by atoms with van der Waals surface area (Å²) in [5, 5.41) is 0. The summed E-state index contributed by atoms with van der Waals surface area (Å²) in [4.78, 5) is 5.31. The van der Waals surface area contributed by atoms with E-state index in [4.69, 9.17) is 0 Å². The van der Waals surface area contributed by atoms with Crippen molar-refractivity contribution in [3.05, 3.63) is 54.0 Å². The molecule has 2 aliphatic heterocycles. The number of benzene rings is 1. The normalized spacial score (nSPS) is 23.2. The summed E-state index contributed by atoms with van der Waals surface area (Å²) in [6.07, 6.45) is -3.08. The lowest BCUT2D eigenvalue weighted by atomic mass is 10.1. The topological polar surface area (TPSA) is 53.5 Å². The molecule has 1 aromatic heterocycles. The molecule has 150 valence electrons. The van der Waals surface area contributed by atoms with E-state index in [1.807, 2.05) is 0 Å². The maximum Gasteiger partial charge on any atom is 0.417 e. The fourth-order valence-electron chi connectivity index (χ4n) is 3.93. The van der Waals surface area contributed by atoms with Gasteiger partial charge in [0.25, 0.3) is 0 Å². The van der Waals surface area contributed by atoms with Gasteiger partial charge in [-0.05, 0) is 36.6 Å². The van der Waals surface area contributed by atoms with Gasteiger partial charge in [0.1, 0.15) is 16.5 Å². The second kappa shape index (κ2) is 6.70. The smallest absolute Gasteiger partial charge is 0.355 e. The van der Waals surface area contributed by atoms with Crippen molar-refractivity contribution in [1.82, 2.24) is 9.29 Å². The second-order valence-electron chi connectivity index (χ2n) is 6.97. The number of nitrogens with zero attached hydrogens (tertiary/aromatic N) is 3. The Hall–Kier alpha value is -2.20. The first kappa shape index (κ1) is 19.1. The average Bonchev–Trinajstić information content (AvgIpc) is 3.22. The van der Waals surface area contributed by atoms with E-state index in [2.05, 4.69) is 4.98 Å². The van der Waals surface area contributed by atoms with Gasteiger partial charge in [-0.25, -0.2) is 17.8 Å². The highest BCUT2D eigenvalue weighted by Crippen LogP contribution is 2.37. The Bertz CT molecular complexity index is 979. The van der Waals surface area contributed by atoms with Crippen LogP contribution >= 0.6 is 0 Å². The number of pyridine rings is 1. The lowest BCUT2D eigenvalue weighted by Gasteiger charge is -2.25. The molecule has 0 bridgehead atoms. The van der Waals surface area contributed by atoms with Crippen molar-refractivity contribution < 1.29 is 26.0 Å². The van der Waals surface area contributed by atoms with Crippen LogP contribution in [0.4, 0.5) is 23.4 Å². The highest BCUT2D eigenvalue weighted by Gasteiger charge is 2.47. The minimum absolute atomic E-state index is 0.0191. The Morgan fingerprint density at radius 1 is 1.07 bits per heavy atom. The molecule has 2 aromatic rings. The molecule has 10 heteroatoms. The number of hydrogen-bond donors (Lipinski definition) is 0. The zero-order chi connectivity index (χ0) is 20.1. The van der Waals surface area contributed by atoms with Crippen molar-refractivity contribution in [2.45, 2.75) is 23.5 Å². The summed E-state index contributed by atoms with van der Waals surface area (Å²) in [7, 11) is -3.99. The molecule has 2 atom stereocenters. The number of alkyl halides is 3. The van der Waals surface area contributed by atoms with E-state index in [-0.39, 0.29) is 16.9 Å². The van der Waals surface area contributed by atoms with E-state index in [1.54, 1.807) is 4.90 Å². The first-order chi connectivity index (χ1) is 13.2. The van der Waals surface area contributed by atoms with Crippen LogP contribution in [0.15, 0.2) is 47.5 Å². The van der Waals surface area contributed by atoms with Crippen molar-refractivity contribution in [1.29, 1.82) is 0 Å². The van der Waals surface area contributed by atoms with Gasteiger partial charge in [0.2, 0.25) is 10.0 Å². The molecule has 0 spiro atoms. The molecule has 0 saturated carbocycles. The van der Waals surface area contributed by atoms with E-state index in [1.165, 1.54) is 28.6 Å². The quantitative estimate of drug-likeness (QED) is 0.723. The monoisotopic (exact) mass is 415 g/mol. The zero-order valence-electron chi connectivity index (χ0n) is 14.6. The third-order valence-electron chi connectivity index (χ3n) is 5.32. The average molecular weight is 415 g/mol. The van der Waals surface area contributed by atoms with Crippen LogP contribution in [0.25, 0.3) is 0 Å². The molecule has 0 radical (unpaired) electrons.